The molecule has 0 aromatic carbocycles. The minimum absolute atomic E-state index is 0.0214. The van der Waals surface area contributed by atoms with Crippen LogP contribution >= 0.6 is 0 Å². The maximum atomic E-state index is 6.12. The highest BCUT2D eigenvalue weighted by molar-refractivity contribution is 5.03. The molecular formula is C25H47N3O. The van der Waals surface area contributed by atoms with Crippen LogP contribution in [0, 0.1) is 11.8 Å². The van der Waals surface area contributed by atoms with Crippen LogP contribution in [-0.2, 0) is 4.74 Å². The second-order valence-corrected chi connectivity index (χ2v) is 12.0. The molecule has 0 aromatic heterocycles. The molecule has 4 rings (SSSR count). The van der Waals surface area contributed by atoms with Crippen molar-refractivity contribution >= 4 is 0 Å². The molecule has 0 N–H and O–H groups in total. The Morgan fingerprint density at radius 1 is 0.862 bits per heavy atom. The normalized spacial score (nSPS) is 32.5. The maximum absolute atomic E-state index is 6.12. The van der Waals surface area contributed by atoms with Crippen molar-refractivity contribution in [1.29, 1.82) is 0 Å². The molecule has 1 saturated carbocycles. The van der Waals surface area contributed by atoms with Crippen molar-refractivity contribution in [3.63, 3.8) is 0 Å². The third-order valence-electron chi connectivity index (χ3n) is 8.39. The van der Waals surface area contributed by atoms with Gasteiger partial charge in [-0.05, 0) is 104 Å². The van der Waals surface area contributed by atoms with Gasteiger partial charge in [-0.1, -0.05) is 0 Å². The summed E-state index contributed by atoms with van der Waals surface area (Å²) in [6.07, 6.45) is 10.2. The topological polar surface area (TPSA) is 19.0 Å². The number of nitrogens with zero attached hydrogens (tertiary/aromatic N) is 3. The largest absolute Gasteiger partial charge is 0.373 e. The summed E-state index contributed by atoms with van der Waals surface area (Å²) in [6.45, 7) is 20.6. The zero-order chi connectivity index (χ0) is 20.6. The van der Waals surface area contributed by atoms with E-state index >= 15 is 0 Å². The van der Waals surface area contributed by atoms with E-state index in [9.17, 15) is 0 Å². The predicted octanol–water partition coefficient (Wildman–Crippen LogP) is 4.24. The van der Waals surface area contributed by atoms with Gasteiger partial charge in [-0.25, -0.2) is 0 Å². The van der Waals surface area contributed by atoms with Crippen LogP contribution in [0.25, 0.3) is 0 Å². The molecule has 168 valence electrons. The number of rotatable bonds is 6. The fourth-order valence-corrected chi connectivity index (χ4v) is 6.34. The average Bonchev–Trinajstić information content (AvgIpc) is 2.63. The fourth-order valence-electron chi connectivity index (χ4n) is 6.34. The Morgan fingerprint density at radius 3 is 2.00 bits per heavy atom. The smallest absolute Gasteiger partial charge is 0.0602 e. The van der Waals surface area contributed by atoms with Crippen molar-refractivity contribution in [2.75, 3.05) is 45.8 Å². The van der Waals surface area contributed by atoms with Gasteiger partial charge in [0.1, 0.15) is 0 Å². The van der Waals surface area contributed by atoms with Crippen molar-refractivity contribution in [3.05, 3.63) is 0 Å². The van der Waals surface area contributed by atoms with Crippen LogP contribution in [0.15, 0.2) is 0 Å². The second-order valence-electron chi connectivity index (χ2n) is 12.0. The van der Waals surface area contributed by atoms with Crippen LogP contribution in [0.2, 0.25) is 0 Å². The van der Waals surface area contributed by atoms with E-state index in [1.54, 1.807) is 0 Å². The van der Waals surface area contributed by atoms with Crippen molar-refractivity contribution in [1.82, 2.24) is 14.7 Å². The molecule has 4 fully saturated rings. The number of hydrogen-bond donors (Lipinski definition) is 0. The van der Waals surface area contributed by atoms with Gasteiger partial charge in [0.05, 0.1) is 11.7 Å². The van der Waals surface area contributed by atoms with Gasteiger partial charge in [-0.15, -0.1) is 0 Å². The molecule has 4 heteroatoms. The van der Waals surface area contributed by atoms with Crippen LogP contribution in [0.5, 0.6) is 0 Å². The van der Waals surface area contributed by atoms with Gasteiger partial charge < -0.3 is 14.5 Å². The monoisotopic (exact) mass is 405 g/mol. The molecule has 0 bridgehead atoms. The Morgan fingerprint density at radius 2 is 1.48 bits per heavy atom. The molecule has 0 unspecified atom stereocenters. The first kappa shape index (κ1) is 22.0. The number of piperidine rings is 2. The number of likely N-dealkylation sites (tertiary alicyclic amines) is 3. The van der Waals surface area contributed by atoms with Crippen molar-refractivity contribution in [2.45, 2.75) is 103 Å². The lowest BCUT2D eigenvalue weighted by molar-refractivity contribution is -0.116. The molecule has 29 heavy (non-hydrogen) atoms. The van der Waals surface area contributed by atoms with E-state index in [4.69, 9.17) is 4.74 Å². The molecule has 3 saturated heterocycles. The summed E-state index contributed by atoms with van der Waals surface area (Å²) in [5, 5.41) is 0. The maximum Gasteiger partial charge on any atom is 0.0602 e. The Labute approximate surface area is 180 Å². The zero-order valence-electron chi connectivity index (χ0n) is 20.0. The fraction of sp³-hybridized carbons (Fsp3) is 1.00. The van der Waals surface area contributed by atoms with Crippen LogP contribution in [0.3, 0.4) is 0 Å². The van der Waals surface area contributed by atoms with Crippen molar-refractivity contribution < 1.29 is 4.74 Å². The summed E-state index contributed by atoms with van der Waals surface area (Å²) >= 11 is 0. The van der Waals surface area contributed by atoms with E-state index in [-0.39, 0.29) is 5.60 Å². The predicted molar refractivity (Wildman–Crippen MR) is 121 cm³/mol. The highest BCUT2D eigenvalue weighted by atomic mass is 16.5. The van der Waals surface area contributed by atoms with E-state index in [1.807, 2.05) is 0 Å². The Kier molecular flexibility index (Phi) is 6.66. The summed E-state index contributed by atoms with van der Waals surface area (Å²) in [5.74, 6) is 1.81. The van der Waals surface area contributed by atoms with Crippen LogP contribution in [0.4, 0.5) is 0 Å². The lowest BCUT2D eigenvalue weighted by Crippen LogP contribution is -2.65. The molecule has 0 radical (unpaired) electrons. The van der Waals surface area contributed by atoms with E-state index in [1.165, 1.54) is 90.8 Å². The van der Waals surface area contributed by atoms with Gasteiger partial charge in [0.25, 0.3) is 0 Å². The molecule has 4 nitrogen and oxygen atoms in total. The molecule has 1 aliphatic carbocycles. The van der Waals surface area contributed by atoms with Gasteiger partial charge in [0.2, 0.25) is 0 Å². The van der Waals surface area contributed by atoms with Gasteiger partial charge in [0, 0.05) is 44.3 Å². The molecule has 1 spiro atoms. The second kappa shape index (κ2) is 8.76. The van der Waals surface area contributed by atoms with Gasteiger partial charge in [-0.3, -0.25) is 4.90 Å². The lowest BCUT2D eigenvalue weighted by atomic mass is 9.75. The minimum Gasteiger partial charge on any atom is -0.373 e. The van der Waals surface area contributed by atoms with Crippen molar-refractivity contribution in [3.8, 4) is 0 Å². The Balaban J connectivity index is 1.13. The summed E-state index contributed by atoms with van der Waals surface area (Å²) in [5.41, 5.74) is 0.601. The van der Waals surface area contributed by atoms with Crippen molar-refractivity contribution in [2.24, 2.45) is 11.8 Å². The lowest BCUT2D eigenvalue weighted by Gasteiger charge is -2.58. The average molecular weight is 406 g/mol. The summed E-state index contributed by atoms with van der Waals surface area (Å²) in [6, 6.07) is 0.719. The first-order valence-corrected chi connectivity index (χ1v) is 12.6. The Hall–Kier alpha value is -0.160. The first-order valence-electron chi connectivity index (χ1n) is 12.6. The zero-order valence-corrected chi connectivity index (χ0v) is 20.0. The van der Waals surface area contributed by atoms with Gasteiger partial charge in [0.15, 0.2) is 0 Å². The standard InChI is InChI=1S/C25H47N3O/c1-20(2)27-13-8-25(9-14-27)10-15-28(25)19-21-6-11-26(12-7-21)18-22-16-23(17-22)29-24(3,4)5/h20-23H,6-19H2,1-5H3/t22-,23-. The highest BCUT2D eigenvalue weighted by Gasteiger charge is 2.47. The molecule has 0 aromatic rings. The third kappa shape index (κ3) is 5.37. The highest BCUT2D eigenvalue weighted by Crippen LogP contribution is 2.41. The van der Waals surface area contributed by atoms with Gasteiger partial charge in [-0.2, -0.15) is 0 Å². The first-order chi connectivity index (χ1) is 13.7. The van der Waals surface area contributed by atoms with E-state index < -0.39 is 0 Å². The van der Waals surface area contributed by atoms with Crippen LogP contribution < -0.4 is 0 Å². The SMILES string of the molecule is CC(C)N1CCC2(CC1)CCN2CC1CCN(C[C@H]2C[C@H](OC(C)(C)C)C2)CC1. The molecular weight excluding hydrogens is 358 g/mol. The summed E-state index contributed by atoms with van der Waals surface area (Å²) in [4.78, 5) is 8.32. The third-order valence-corrected chi connectivity index (χ3v) is 8.39. The van der Waals surface area contributed by atoms with Gasteiger partial charge >= 0.3 is 0 Å². The summed E-state index contributed by atoms with van der Waals surface area (Å²) in [7, 11) is 0. The quantitative estimate of drug-likeness (QED) is 0.658. The van der Waals surface area contributed by atoms with E-state index in [0.717, 1.165) is 17.9 Å². The Bertz CT molecular complexity index is 521. The summed E-state index contributed by atoms with van der Waals surface area (Å²) < 4.78 is 6.12. The van der Waals surface area contributed by atoms with E-state index in [0.29, 0.717) is 11.6 Å². The van der Waals surface area contributed by atoms with E-state index in [2.05, 4.69) is 49.3 Å². The number of ether oxygens (including phenoxy) is 1. The molecule has 4 aliphatic rings. The molecule has 3 aliphatic heterocycles. The molecule has 3 heterocycles. The van der Waals surface area contributed by atoms with Crippen LogP contribution in [-0.4, -0.2) is 83.8 Å². The molecule has 0 atom stereocenters. The minimum atomic E-state index is 0.0214. The van der Waals surface area contributed by atoms with Crippen LogP contribution in [0.1, 0.15) is 79.6 Å². The number of hydrogen-bond acceptors (Lipinski definition) is 4. The molecule has 0 amide bonds.